The van der Waals surface area contributed by atoms with Crippen LogP contribution in [0.25, 0.3) is 0 Å². The largest absolute Gasteiger partial charge is 6.00 e. The van der Waals surface area contributed by atoms with Gasteiger partial charge < -0.3 is 21.2 Å². The summed E-state index contributed by atoms with van der Waals surface area (Å²) in [5, 5.41) is 13.9. The Morgan fingerprint density at radius 1 is 1.25 bits per heavy atom. The summed E-state index contributed by atoms with van der Waals surface area (Å²) in [5.74, 6) is -0.765. The molecule has 1 unspecified atom stereocenters. The van der Waals surface area contributed by atoms with Crippen LogP contribution in [0.1, 0.15) is 0 Å². The van der Waals surface area contributed by atoms with E-state index in [0.717, 1.165) is 0 Å². The summed E-state index contributed by atoms with van der Waals surface area (Å²) in [4.78, 5) is 21.2. The molecule has 0 bridgehead atoms. The molecule has 91 valence electrons. The zero-order valence-corrected chi connectivity index (χ0v) is 12.0. The van der Waals surface area contributed by atoms with Crippen LogP contribution in [0, 0.1) is 0 Å². The molecule has 0 aromatic heterocycles. The summed E-state index contributed by atoms with van der Waals surface area (Å²) >= 11 is 7.64. The number of carboxylic acid groups (broad SMARTS) is 1. The third-order valence-electron chi connectivity index (χ3n) is 1.46. The monoisotopic (exact) mass is 351 g/mol. The first-order chi connectivity index (χ1) is 6.61. The fourth-order valence-electron chi connectivity index (χ4n) is 0.734. The van der Waals surface area contributed by atoms with E-state index in [1.165, 1.54) is 0 Å². The van der Waals surface area contributed by atoms with Gasteiger partial charge in [-0.3, -0.25) is 9.59 Å². The second-order valence-corrected chi connectivity index (χ2v) is 3.22. The summed E-state index contributed by atoms with van der Waals surface area (Å²) in [5.41, 5.74) is 0. The van der Waals surface area contributed by atoms with Crippen molar-refractivity contribution < 1.29 is 40.3 Å². The Bertz CT molecular complexity index is 209. The van der Waals surface area contributed by atoms with Gasteiger partial charge in [0.1, 0.15) is 6.04 Å². The van der Waals surface area contributed by atoms with E-state index in [1.54, 1.807) is 0 Å². The molecule has 0 aromatic carbocycles. The van der Waals surface area contributed by atoms with Crippen molar-refractivity contribution in [3.8, 4) is 0 Å². The number of carbonyl (C=O) groups is 2. The Morgan fingerprint density at radius 2 is 1.81 bits per heavy atom. The van der Waals surface area contributed by atoms with Crippen LogP contribution in [0.5, 0.6) is 0 Å². The average molecular weight is 352 g/mol. The van der Waals surface area contributed by atoms with Gasteiger partial charge in [0.15, 0.2) is 0 Å². The summed E-state index contributed by atoms with van der Waals surface area (Å²) < 4.78 is 0. The van der Waals surface area contributed by atoms with Crippen molar-refractivity contribution in [3.05, 3.63) is 0 Å². The van der Waals surface area contributed by atoms with Gasteiger partial charge in [-0.2, -0.15) is 25.3 Å². The van der Waals surface area contributed by atoms with Gasteiger partial charge in [-0.1, -0.05) is 0 Å². The molecule has 0 saturated carbocycles. The Hall–Kier alpha value is 0.209. The topological polar surface area (TPSA) is 107 Å². The predicted molar refractivity (Wildman–Crippen MR) is 60.8 cm³/mol. The molecule has 1 amide bonds. The quantitative estimate of drug-likeness (QED) is 0.296. The van der Waals surface area contributed by atoms with Crippen molar-refractivity contribution in [1.29, 1.82) is 0 Å². The van der Waals surface area contributed by atoms with Gasteiger partial charge in [0, 0.05) is 18.8 Å². The average Bonchev–Trinajstić information content (AvgIpc) is 2.16. The van der Waals surface area contributed by atoms with E-state index < -0.39 is 12.0 Å². The molecule has 0 aliphatic carbocycles. The normalized spacial score (nSPS) is 10.6. The smallest absolute Gasteiger partial charge is 2.00 e. The molecule has 0 saturated heterocycles. The van der Waals surface area contributed by atoms with E-state index in [9.17, 15) is 9.59 Å². The molecule has 9 heteroatoms. The Morgan fingerprint density at radius 3 is 2.19 bits per heavy atom. The molecule has 0 aromatic rings. The number of amides is 1. The van der Waals surface area contributed by atoms with Crippen LogP contribution in [0.15, 0.2) is 0 Å². The molecular weight excluding hydrogens is 338 g/mol. The van der Waals surface area contributed by atoms with Crippen molar-refractivity contribution in [3.63, 3.8) is 0 Å². The van der Waals surface area contributed by atoms with Crippen molar-refractivity contribution in [2.45, 2.75) is 6.04 Å². The number of rotatable bonds is 7. The molecular formula is C7H14N2O4S2Tc+4. The summed E-state index contributed by atoms with van der Waals surface area (Å²) in [6.07, 6.45) is 0. The minimum Gasteiger partial charge on any atom is -2.00 e. The SMILES string of the molecule is O=C(CS)NCCNC(CS)C(=O)O.[O-2].[Tc+6]. The van der Waals surface area contributed by atoms with E-state index >= 15 is 0 Å². The first-order valence-electron chi connectivity index (χ1n) is 4.06. The number of hydrogen-bond donors (Lipinski definition) is 5. The molecule has 0 spiro atoms. The minimum absolute atomic E-state index is 0. The van der Waals surface area contributed by atoms with Gasteiger partial charge in [-0.25, -0.2) is 0 Å². The first-order valence-corrected chi connectivity index (χ1v) is 5.33. The third kappa shape index (κ3) is 10.7. The fraction of sp³-hybridized carbons (Fsp3) is 0.714. The predicted octanol–water partition coefficient (Wildman–Crippen LogP) is -1.12. The Balaban J connectivity index is -0.000000845. The number of carboxylic acids is 1. The van der Waals surface area contributed by atoms with Crippen LogP contribution in [0.2, 0.25) is 0 Å². The molecule has 0 aliphatic rings. The first kappa shape index (κ1) is 21.5. The third-order valence-corrected chi connectivity index (χ3v) is 2.11. The van der Waals surface area contributed by atoms with E-state index in [2.05, 4.69) is 35.9 Å². The van der Waals surface area contributed by atoms with Gasteiger partial charge in [0.2, 0.25) is 5.91 Å². The summed E-state index contributed by atoms with van der Waals surface area (Å²) in [6.45, 7) is 0.786. The zero-order chi connectivity index (χ0) is 11.0. The molecule has 16 heavy (non-hydrogen) atoms. The molecule has 0 heterocycles. The number of aliphatic carboxylic acids is 1. The van der Waals surface area contributed by atoms with Crippen molar-refractivity contribution in [1.82, 2.24) is 10.6 Å². The molecule has 0 fully saturated rings. The van der Waals surface area contributed by atoms with Gasteiger partial charge in [0.05, 0.1) is 5.75 Å². The molecule has 0 aliphatic heterocycles. The molecule has 0 rings (SSSR count). The Kier molecular flexibility index (Phi) is 17.8. The number of carbonyl (C=O) groups excluding carboxylic acids is 1. The Labute approximate surface area is 118 Å². The zero-order valence-electron chi connectivity index (χ0n) is 8.35. The fourth-order valence-corrected chi connectivity index (χ4v) is 1.13. The van der Waals surface area contributed by atoms with Gasteiger partial charge in [0.25, 0.3) is 0 Å². The van der Waals surface area contributed by atoms with E-state index in [1.807, 2.05) is 0 Å². The number of hydrogen-bond acceptors (Lipinski definition) is 5. The van der Waals surface area contributed by atoms with Crippen molar-refractivity contribution in [2.24, 2.45) is 0 Å². The standard InChI is InChI=1S/C7H14N2O3S2.O.Tc/c10-6(4-14)9-2-1-8-5(3-13)7(11)12;;/h5,8,13-14H,1-4H2,(H,9,10)(H,11,12);;/q;-2;+6. The number of nitrogens with one attached hydrogen (secondary N) is 2. The summed E-state index contributed by atoms with van der Waals surface area (Å²) in [7, 11) is 0. The van der Waals surface area contributed by atoms with Crippen LogP contribution >= 0.6 is 25.3 Å². The molecule has 3 N–H and O–H groups in total. The van der Waals surface area contributed by atoms with Crippen LogP contribution in [0.4, 0.5) is 0 Å². The van der Waals surface area contributed by atoms with E-state index in [4.69, 9.17) is 5.11 Å². The van der Waals surface area contributed by atoms with E-state index in [0.29, 0.717) is 13.1 Å². The molecule has 1 atom stereocenters. The van der Waals surface area contributed by atoms with Gasteiger partial charge in [-0.05, 0) is 0 Å². The number of thiol groups is 2. The van der Waals surface area contributed by atoms with Crippen molar-refractivity contribution >= 4 is 37.1 Å². The second kappa shape index (κ2) is 13.3. The van der Waals surface area contributed by atoms with Gasteiger partial charge >= 0.3 is 26.1 Å². The van der Waals surface area contributed by atoms with Crippen LogP contribution in [-0.4, -0.2) is 47.6 Å². The maximum Gasteiger partial charge on any atom is 6.00 e. The minimum atomic E-state index is -0.944. The molecule has 6 nitrogen and oxygen atoms in total. The van der Waals surface area contributed by atoms with Crippen LogP contribution in [0.3, 0.4) is 0 Å². The summed E-state index contributed by atoms with van der Waals surface area (Å²) in [6, 6.07) is -0.675. The van der Waals surface area contributed by atoms with E-state index in [-0.39, 0.29) is 43.0 Å². The van der Waals surface area contributed by atoms with Gasteiger partial charge in [-0.15, -0.1) is 0 Å². The van der Waals surface area contributed by atoms with Crippen molar-refractivity contribution in [2.75, 3.05) is 24.6 Å². The van der Waals surface area contributed by atoms with Crippen LogP contribution in [-0.2, 0) is 35.2 Å². The van der Waals surface area contributed by atoms with Crippen LogP contribution < -0.4 is 10.6 Å². The maximum atomic E-state index is 10.7. The molecule has 1 radical (unpaired) electrons. The second-order valence-electron chi connectivity index (χ2n) is 2.54. The maximum absolute atomic E-state index is 10.7.